The number of nitrogens with one attached hydrogen (secondary N) is 1. The van der Waals surface area contributed by atoms with Gasteiger partial charge in [-0.25, -0.2) is 17.8 Å². The van der Waals surface area contributed by atoms with Crippen molar-refractivity contribution in [1.82, 2.24) is 29.8 Å². The molecule has 1 aromatic heterocycles. The first-order valence-corrected chi connectivity index (χ1v) is 9.19. The summed E-state index contributed by atoms with van der Waals surface area (Å²) in [7, 11) is -3.60. The molecule has 24 heavy (non-hydrogen) atoms. The quantitative estimate of drug-likeness (QED) is 0.759. The maximum atomic E-state index is 12.5. The molecule has 9 nitrogen and oxygen atoms in total. The molecule has 1 saturated heterocycles. The Balaban J connectivity index is 1.68. The van der Waals surface area contributed by atoms with Crippen LogP contribution in [0.25, 0.3) is 5.69 Å². The summed E-state index contributed by atoms with van der Waals surface area (Å²) in [5, 5.41) is 10.9. The number of aromatic nitrogens is 4. The van der Waals surface area contributed by atoms with Crippen molar-refractivity contribution < 1.29 is 13.2 Å². The van der Waals surface area contributed by atoms with Crippen LogP contribution in [0.2, 0.25) is 0 Å². The van der Waals surface area contributed by atoms with Gasteiger partial charge in [-0.15, -0.1) is 5.10 Å². The molecule has 0 radical (unpaired) electrons. The van der Waals surface area contributed by atoms with E-state index in [1.165, 1.54) is 17.1 Å². The first-order valence-electron chi connectivity index (χ1n) is 7.71. The SMILES string of the molecule is CC(CNS(=O)(=O)c1cccc(-n2cnnn2)c1)N1CCOCC1. The van der Waals surface area contributed by atoms with E-state index in [4.69, 9.17) is 4.74 Å². The Labute approximate surface area is 140 Å². The second-order valence-electron chi connectivity index (χ2n) is 5.60. The lowest BCUT2D eigenvalue weighted by Gasteiger charge is -2.32. The van der Waals surface area contributed by atoms with E-state index in [2.05, 4.69) is 25.1 Å². The Kier molecular flexibility index (Phi) is 5.19. The van der Waals surface area contributed by atoms with Gasteiger partial charge in [0.1, 0.15) is 6.33 Å². The molecule has 1 aliphatic rings. The fraction of sp³-hybridized carbons (Fsp3) is 0.500. The molecule has 3 rings (SSSR count). The summed E-state index contributed by atoms with van der Waals surface area (Å²) in [4.78, 5) is 2.40. The van der Waals surface area contributed by atoms with Crippen LogP contribution in [0, 0.1) is 0 Å². The highest BCUT2D eigenvalue weighted by Crippen LogP contribution is 2.14. The van der Waals surface area contributed by atoms with E-state index >= 15 is 0 Å². The number of ether oxygens (including phenoxy) is 1. The molecule has 0 saturated carbocycles. The number of sulfonamides is 1. The largest absolute Gasteiger partial charge is 0.379 e. The topological polar surface area (TPSA) is 102 Å². The molecule has 1 atom stereocenters. The highest BCUT2D eigenvalue weighted by Gasteiger charge is 2.20. The lowest BCUT2D eigenvalue weighted by atomic mass is 10.2. The van der Waals surface area contributed by atoms with E-state index in [0.29, 0.717) is 25.4 Å². The van der Waals surface area contributed by atoms with Gasteiger partial charge in [0.15, 0.2) is 0 Å². The Morgan fingerprint density at radius 1 is 1.33 bits per heavy atom. The third-order valence-electron chi connectivity index (χ3n) is 3.98. The van der Waals surface area contributed by atoms with Gasteiger partial charge in [0.2, 0.25) is 10.0 Å². The molecule has 0 amide bonds. The Morgan fingerprint density at radius 2 is 2.12 bits per heavy atom. The van der Waals surface area contributed by atoms with Gasteiger partial charge in [-0.3, -0.25) is 4.90 Å². The van der Waals surface area contributed by atoms with Crippen molar-refractivity contribution in [3.63, 3.8) is 0 Å². The number of morpholine rings is 1. The van der Waals surface area contributed by atoms with Crippen LogP contribution in [0.5, 0.6) is 0 Å². The fourth-order valence-electron chi connectivity index (χ4n) is 2.53. The van der Waals surface area contributed by atoms with Crippen molar-refractivity contribution in [2.75, 3.05) is 32.8 Å². The summed E-state index contributed by atoms with van der Waals surface area (Å²) in [6.45, 7) is 5.36. The Morgan fingerprint density at radius 3 is 2.83 bits per heavy atom. The number of hydrogen-bond donors (Lipinski definition) is 1. The van der Waals surface area contributed by atoms with Gasteiger partial charge in [-0.2, -0.15) is 0 Å². The summed E-state index contributed by atoms with van der Waals surface area (Å²) in [6, 6.07) is 6.60. The molecule has 10 heteroatoms. The van der Waals surface area contributed by atoms with Crippen molar-refractivity contribution in [3.8, 4) is 5.69 Å². The van der Waals surface area contributed by atoms with Gasteiger partial charge in [-0.05, 0) is 35.5 Å². The van der Waals surface area contributed by atoms with Crippen LogP contribution in [-0.4, -0.2) is 72.4 Å². The Hall–Kier alpha value is -1.88. The summed E-state index contributed by atoms with van der Waals surface area (Å²) in [5.41, 5.74) is 0.587. The van der Waals surface area contributed by atoms with E-state index in [1.54, 1.807) is 18.2 Å². The predicted octanol–water partition coefficient (Wildman–Crippen LogP) is -0.339. The van der Waals surface area contributed by atoms with Crippen molar-refractivity contribution >= 4 is 10.0 Å². The molecule has 0 spiro atoms. The van der Waals surface area contributed by atoms with Crippen molar-refractivity contribution in [2.45, 2.75) is 17.9 Å². The molecule has 0 aliphatic carbocycles. The molecule has 130 valence electrons. The highest BCUT2D eigenvalue weighted by atomic mass is 32.2. The van der Waals surface area contributed by atoms with Crippen molar-refractivity contribution in [1.29, 1.82) is 0 Å². The van der Waals surface area contributed by atoms with E-state index in [0.717, 1.165) is 13.1 Å². The zero-order valence-electron chi connectivity index (χ0n) is 13.4. The Bertz CT molecular complexity index is 759. The standard InChI is InChI=1S/C14H20N6O3S/c1-12(19-5-7-23-8-6-19)10-16-24(21,22)14-4-2-3-13(9-14)20-11-15-17-18-20/h2-4,9,11-12,16H,5-8,10H2,1H3. The molecule has 1 fully saturated rings. The molecular weight excluding hydrogens is 332 g/mol. The van der Waals surface area contributed by atoms with E-state index < -0.39 is 10.0 Å². The number of rotatable bonds is 6. The first kappa shape index (κ1) is 17.0. The fourth-order valence-corrected chi connectivity index (χ4v) is 3.69. The van der Waals surface area contributed by atoms with Crippen LogP contribution in [0.3, 0.4) is 0 Å². The van der Waals surface area contributed by atoms with Crippen molar-refractivity contribution in [3.05, 3.63) is 30.6 Å². The van der Waals surface area contributed by atoms with E-state index in [-0.39, 0.29) is 10.9 Å². The monoisotopic (exact) mass is 352 g/mol. The zero-order valence-corrected chi connectivity index (χ0v) is 14.2. The summed E-state index contributed by atoms with van der Waals surface area (Å²) >= 11 is 0. The molecule has 1 N–H and O–H groups in total. The van der Waals surface area contributed by atoms with Gasteiger partial charge in [-0.1, -0.05) is 6.07 Å². The molecule has 2 heterocycles. The van der Waals surface area contributed by atoms with Crippen molar-refractivity contribution in [2.24, 2.45) is 0 Å². The minimum absolute atomic E-state index is 0.103. The molecular formula is C14H20N6O3S. The predicted molar refractivity (Wildman–Crippen MR) is 86.2 cm³/mol. The number of benzene rings is 1. The average molecular weight is 352 g/mol. The van der Waals surface area contributed by atoms with Gasteiger partial charge in [0, 0.05) is 25.7 Å². The van der Waals surface area contributed by atoms with E-state index in [9.17, 15) is 8.42 Å². The van der Waals surface area contributed by atoms with Crippen LogP contribution in [0.1, 0.15) is 6.92 Å². The average Bonchev–Trinajstić information content (AvgIpc) is 3.15. The van der Waals surface area contributed by atoms with Crippen LogP contribution >= 0.6 is 0 Å². The minimum Gasteiger partial charge on any atom is -0.379 e. The minimum atomic E-state index is -3.60. The molecule has 0 bridgehead atoms. The molecule has 1 unspecified atom stereocenters. The van der Waals surface area contributed by atoms with Gasteiger partial charge < -0.3 is 4.74 Å². The van der Waals surface area contributed by atoms with E-state index in [1.807, 2.05) is 6.92 Å². The summed E-state index contributed by atoms with van der Waals surface area (Å²) < 4.78 is 34.5. The second-order valence-corrected chi connectivity index (χ2v) is 7.37. The molecule has 2 aromatic rings. The van der Waals surface area contributed by atoms with Crippen LogP contribution < -0.4 is 4.72 Å². The smallest absolute Gasteiger partial charge is 0.240 e. The summed E-state index contributed by atoms with van der Waals surface area (Å²) in [6.07, 6.45) is 1.42. The lowest BCUT2D eigenvalue weighted by Crippen LogP contribution is -2.47. The normalized spacial score (nSPS) is 17.7. The number of tetrazole rings is 1. The van der Waals surface area contributed by atoms with Crippen LogP contribution in [0.15, 0.2) is 35.5 Å². The maximum absolute atomic E-state index is 12.5. The zero-order chi connectivity index (χ0) is 17.0. The third-order valence-corrected chi connectivity index (χ3v) is 5.40. The van der Waals surface area contributed by atoms with Gasteiger partial charge in [0.25, 0.3) is 0 Å². The van der Waals surface area contributed by atoms with Gasteiger partial charge in [0.05, 0.1) is 23.8 Å². The summed E-state index contributed by atoms with van der Waals surface area (Å²) in [5.74, 6) is 0. The van der Waals surface area contributed by atoms with Crippen LogP contribution in [-0.2, 0) is 14.8 Å². The first-order chi connectivity index (χ1) is 11.6. The number of hydrogen-bond acceptors (Lipinski definition) is 7. The number of nitrogens with zero attached hydrogens (tertiary/aromatic N) is 5. The third kappa shape index (κ3) is 3.96. The van der Waals surface area contributed by atoms with Crippen LogP contribution in [0.4, 0.5) is 0 Å². The molecule has 1 aromatic carbocycles. The highest BCUT2D eigenvalue weighted by molar-refractivity contribution is 7.89. The van der Waals surface area contributed by atoms with Gasteiger partial charge >= 0.3 is 0 Å². The lowest BCUT2D eigenvalue weighted by molar-refractivity contribution is 0.0213. The maximum Gasteiger partial charge on any atom is 0.240 e. The second kappa shape index (κ2) is 7.34. The molecule has 1 aliphatic heterocycles.